The molecule has 2 aromatic carbocycles. The van der Waals surface area contributed by atoms with E-state index in [2.05, 4.69) is 10.3 Å². The van der Waals surface area contributed by atoms with E-state index in [1.165, 1.54) is 0 Å². The van der Waals surface area contributed by atoms with Crippen LogP contribution in [0.1, 0.15) is 6.42 Å². The van der Waals surface area contributed by atoms with Crippen LogP contribution in [0.15, 0.2) is 60.8 Å². The molecule has 0 unspecified atom stereocenters. The Balaban J connectivity index is 1.93. The van der Waals surface area contributed by atoms with Gasteiger partial charge in [-0.25, -0.2) is 0 Å². The summed E-state index contributed by atoms with van der Waals surface area (Å²) in [5.74, 6) is 1.56. The summed E-state index contributed by atoms with van der Waals surface area (Å²) in [4.78, 5) is 4.48. The zero-order valence-electron chi connectivity index (χ0n) is 12.3. The van der Waals surface area contributed by atoms with Gasteiger partial charge < -0.3 is 15.8 Å². The summed E-state index contributed by atoms with van der Waals surface area (Å²) in [7, 11) is 0. The number of anilines is 1. The molecule has 3 rings (SSSR count). The summed E-state index contributed by atoms with van der Waals surface area (Å²) in [6.07, 6.45) is 2.73. The fourth-order valence-electron chi connectivity index (χ4n) is 2.33. The van der Waals surface area contributed by atoms with E-state index in [4.69, 9.17) is 10.5 Å². The van der Waals surface area contributed by atoms with Gasteiger partial charge in [0.2, 0.25) is 0 Å². The molecule has 1 heterocycles. The second-order valence-electron chi connectivity index (χ2n) is 4.99. The zero-order chi connectivity index (χ0) is 15.2. The first-order chi connectivity index (χ1) is 10.9. The van der Waals surface area contributed by atoms with Crippen LogP contribution in [0, 0.1) is 0 Å². The van der Waals surface area contributed by atoms with Crippen LogP contribution in [0.5, 0.6) is 11.5 Å². The lowest BCUT2D eigenvalue weighted by molar-refractivity contribution is 0.487. The van der Waals surface area contributed by atoms with E-state index >= 15 is 0 Å². The number of rotatable bonds is 6. The Hall–Kier alpha value is -2.59. The Morgan fingerprint density at radius 1 is 1.00 bits per heavy atom. The number of hydrogen-bond acceptors (Lipinski definition) is 4. The van der Waals surface area contributed by atoms with Crippen LogP contribution in [0.25, 0.3) is 10.9 Å². The molecule has 4 heteroatoms. The third-order valence-corrected chi connectivity index (χ3v) is 3.40. The van der Waals surface area contributed by atoms with Gasteiger partial charge in [-0.2, -0.15) is 0 Å². The predicted octanol–water partition coefficient (Wildman–Crippen LogP) is 3.79. The molecule has 1 aromatic heterocycles. The van der Waals surface area contributed by atoms with E-state index in [1.807, 2.05) is 54.6 Å². The molecule has 0 fully saturated rings. The monoisotopic (exact) mass is 293 g/mol. The molecule has 0 radical (unpaired) electrons. The van der Waals surface area contributed by atoms with Crippen molar-refractivity contribution in [3.63, 3.8) is 0 Å². The number of fused-ring (bicyclic) bond motifs is 1. The predicted molar refractivity (Wildman–Crippen MR) is 90.4 cm³/mol. The van der Waals surface area contributed by atoms with Crippen molar-refractivity contribution in [3.8, 4) is 11.5 Å². The van der Waals surface area contributed by atoms with Crippen molar-refractivity contribution in [3.05, 3.63) is 60.8 Å². The normalized spacial score (nSPS) is 10.6. The molecule has 3 N–H and O–H groups in total. The van der Waals surface area contributed by atoms with Crippen LogP contribution in [0.2, 0.25) is 0 Å². The highest BCUT2D eigenvalue weighted by Gasteiger charge is 2.07. The smallest absolute Gasteiger partial charge is 0.153 e. The molecule has 0 aliphatic carbocycles. The van der Waals surface area contributed by atoms with Crippen LogP contribution in [0.4, 0.5) is 5.69 Å². The second kappa shape index (κ2) is 6.91. The Morgan fingerprint density at radius 3 is 2.68 bits per heavy atom. The fourth-order valence-corrected chi connectivity index (χ4v) is 2.33. The lowest BCUT2D eigenvalue weighted by Crippen LogP contribution is -2.08. The summed E-state index contributed by atoms with van der Waals surface area (Å²) in [5, 5.41) is 4.45. The van der Waals surface area contributed by atoms with Gasteiger partial charge in [-0.1, -0.05) is 30.3 Å². The number of pyridine rings is 1. The number of aromatic nitrogens is 1. The number of nitrogens with zero attached hydrogens (tertiary/aromatic N) is 1. The molecule has 0 bridgehead atoms. The third kappa shape index (κ3) is 3.18. The minimum atomic E-state index is 0.679. The summed E-state index contributed by atoms with van der Waals surface area (Å²) in [6, 6.07) is 17.7. The van der Waals surface area contributed by atoms with Crippen molar-refractivity contribution >= 4 is 16.6 Å². The SMILES string of the molecule is NCCCNc1ccnc2c(Oc3ccccc3)cccc12. The second-order valence-corrected chi connectivity index (χ2v) is 4.99. The highest BCUT2D eigenvalue weighted by molar-refractivity contribution is 5.94. The molecule has 0 aliphatic heterocycles. The number of nitrogens with one attached hydrogen (secondary N) is 1. The molecule has 3 aromatic rings. The maximum atomic E-state index is 5.96. The highest BCUT2D eigenvalue weighted by atomic mass is 16.5. The van der Waals surface area contributed by atoms with Crippen molar-refractivity contribution in [1.82, 2.24) is 4.98 Å². The van der Waals surface area contributed by atoms with Gasteiger partial charge >= 0.3 is 0 Å². The van der Waals surface area contributed by atoms with E-state index in [1.54, 1.807) is 6.20 Å². The first-order valence-electron chi connectivity index (χ1n) is 7.43. The molecular formula is C18H19N3O. The fraction of sp³-hybridized carbons (Fsp3) is 0.167. The van der Waals surface area contributed by atoms with Crippen LogP contribution in [-0.4, -0.2) is 18.1 Å². The number of nitrogens with two attached hydrogens (primary N) is 1. The van der Waals surface area contributed by atoms with Gasteiger partial charge in [-0.15, -0.1) is 0 Å². The van der Waals surface area contributed by atoms with E-state index in [9.17, 15) is 0 Å². The quantitative estimate of drug-likeness (QED) is 0.679. The van der Waals surface area contributed by atoms with Gasteiger partial charge in [0.1, 0.15) is 11.3 Å². The van der Waals surface area contributed by atoms with Crippen LogP contribution in [0.3, 0.4) is 0 Å². The summed E-state index contributed by atoms with van der Waals surface area (Å²) >= 11 is 0. The standard InChI is InChI=1S/C18H19N3O/c19-11-5-12-20-16-10-13-21-18-15(16)8-4-9-17(18)22-14-6-2-1-3-7-14/h1-4,6-10,13H,5,11-12,19H2,(H,20,21). The van der Waals surface area contributed by atoms with Crippen molar-refractivity contribution < 1.29 is 4.74 Å². The Labute approximate surface area is 129 Å². The van der Waals surface area contributed by atoms with Gasteiger partial charge in [-0.3, -0.25) is 4.98 Å². The minimum absolute atomic E-state index is 0.679. The minimum Gasteiger partial charge on any atom is -0.455 e. The summed E-state index contributed by atoms with van der Waals surface area (Å²) in [6.45, 7) is 1.53. The molecular weight excluding hydrogens is 274 g/mol. The Bertz CT molecular complexity index is 744. The molecule has 112 valence electrons. The van der Waals surface area contributed by atoms with Gasteiger partial charge in [-0.05, 0) is 37.2 Å². The molecule has 0 spiro atoms. The van der Waals surface area contributed by atoms with Crippen molar-refractivity contribution in [2.24, 2.45) is 5.73 Å². The maximum Gasteiger partial charge on any atom is 0.153 e. The van der Waals surface area contributed by atoms with Gasteiger partial charge in [0, 0.05) is 23.8 Å². The zero-order valence-corrected chi connectivity index (χ0v) is 12.3. The number of ether oxygens (including phenoxy) is 1. The molecule has 0 saturated carbocycles. The number of benzene rings is 2. The third-order valence-electron chi connectivity index (χ3n) is 3.40. The van der Waals surface area contributed by atoms with E-state index < -0.39 is 0 Å². The van der Waals surface area contributed by atoms with Crippen LogP contribution in [-0.2, 0) is 0 Å². The lowest BCUT2D eigenvalue weighted by atomic mass is 10.1. The number of hydrogen-bond donors (Lipinski definition) is 2. The molecule has 0 aliphatic rings. The van der Waals surface area contributed by atoms with Crippen molar-refractivity contribution in [2.75, 3.05) is 18.4 Å². The molecule has 0 atom stereocenters. The maximum absolute atomic E-state index is 5.96. The molecule has 0 saturated heterocycles. The highest BCUT2D eigenvalue weighted by Crippen LogP contribution is 2.31. The average Bonchev–Trinajstić information content (AvgIpc) is 2.57. The Morgan fingerprint density at radius 2 is 1.86 bits per heavy atom. The van der Waals surface area contributed by atoms with Gasteiger partial charge in [0.05, 0.1) is 0 Å². The topological polar surface area (TPSA) is 60.2 Å². The van der Waals surface area contributed by atoms with Crippen LogP contribution < -0.4 is 15.8 Å². The first-order valence-corrected chi connectivity index (χ1v) is 7.43. The molecule has 0 amide bonds. The Kier molecular flexibility index (Phi) is 4.51. The van der Waals surface area contributed by atoms with E-state index in [0.29, 0.717) is 6.54 Å². The summed E-state index contributed by atoms with van der Waals surface area (Å²) in [5.41, 5.74) is 7.45. The van der Waals surface area contributed by atoms with Crippen molar-refractivity contribution in [1.29, 1.82) is 0 Å². The van der Waals surface area contributed by atoms with Crippen LogP contribution >= 0.6 is 0 Å². The largest absolute Gasteiger partial charge is 0.455 e. The number of para-hydroxylation sites is 2. The lowest BCUT2D eigenvalue weighted by Gasteiger charge is -2.12. The van der Waals surface area contributed by atoms with Gasteiger partial charge in [0.25, 0.3) is 0 Å². The van der Waals surface area contributed by atoms with Crippen molar-refractivity contribution in [2.45, 2.75) is 6.42 Å². The average molecular weight is 293 g/mol. The molecule has 4 nitrogen and oxygen atoms in total. The van der Waals surface area contributed by atoms with E-state index in [0.717, 1.165) is 41.1 Å². The first kappa shape index (κ1) is 14.4. The summed E-state index contributed by atoms with van der Waals surface area (Å²) < 4.78 is 5.96. The van der Waals surface area contributed by atoms with Gasteiger partial charge in [0.15, 0.2) is 5.75 Å². The van der Waals surface area contributed by atoms with E-state index in [-0.39, 0.29) is 0 Å². The molecule has 22 heavy (non-hydrogen) atoms.